The molecule has 6 nitrogen and oxygen atoms in total. The minimum absolute atomic E-state index is 0.121. The Morgan fingerprint density at radius 2 is 2.22 bits per heavy atom. The second kappa shape index (κ2) is 6.81. The molecule has 1 saturated heterocycles. The molecule has 1 amide bonds. The number of hydrogen-bond acceptors (Lipinski definition) is 4. The Kier molecular flexibility index (Phi) is 4.60. The quantitative estimate of drug-likeness (QED) is 0.937. The second-order valence-electron chi connectivity index (χ2n) is 6.07. The molecule has 6 heteroatoms. The number of hydrogen-bond donors (Lipinski definition) is 1. The van der Waals surface area contributed by atoms with E-state index in [0.29, 0.717) is 5.92 Å². The van der Waals surface area contributed by atoms with Gasteiger partial charge in [-0.05, 0) is 37.3 Å². The minimum Gasteiger partial charge on any atom is -0.372 e. The fourth-order valence-corrected chi connectivity index (χ4v) is 3.26. The van der Waals surface area contributed by atoms with Crippen LogP contribution in [-0.4, -0.2) is 45.5 Å². The van der Waals surface area contributed by atoms with Crippen molar-refractivity contribution in [3.8, 4) is 0 Å². The number of likely N-dealkylation sites (tertiary alicyclic amines) is 1. The summed E-state index contributed by atoms with van der Waals surface area (Å²) in [5.41, 5.74) is 1.73. The highest BCUT2D eigenvalue weighted by molar-refractivity contribution is 5.92. The van der Waals surface area contributed by atoms with E-state index in [2.05, 4.69) is 15.3 Å². The van der Waals surface area contributed by atoms with E-state index in [0.717, 1.165) is 49.6 Å². The van der Waals surface area contributed by atoms with E-state index in [1.165, 1.54) is 0 Å². The summed E-state index contributed by atoms with van der Waals surface area (Å²) in [4.78, 5) is 23.4. The smallest absolute Gasteiger partial charge is 0.270 e. The minimum atomic E-state index is 0.121. The first-order valence-corrected chi connectivity index (χ1v) is 8.07. The summed E-state index contributed by atoms with van der Waals surface area (Å²) in [6.45, 7) is 1.61. The van der Waals surface area contributed by atoms with Gasteiger partial charge in [-0.25, -0.2) is 4.98 Å². The van der Waals surface area contributed by atoms with Crippen molar-refractivity contribution in [2.45, 2.75) is 19.3 Å². The number of carbonyl (C=O) groups excluding carboxylic acids is 1. The van der Waals surface area contributed by atoms with Crippen LogP contribution in [0.3, 0.4) is 0 Å². The number of aromatic nitrogens is 3. The van der Waals surface area contributed by atoms with Crippen molar-refractivity contribution in [3.63, 3.8) is 0 Å². The Morgan fingerprint density at radius 1 is 1.39 bits per heavy atom. The van der Waals surface area contributed by atoms with Gasteiger partial charge in [-0.1, -0.05) is 0 Å². The average Bonchev–Trinajstić information content (AvgIpc) is 3.01. The third kappa shape index (κ3) is 3.36. The van der Waals surface area contributed by atoms with Crippen molar-refractivity contribution in [3.05, 3.63) is 42.1 Å². The molecule has 23 heavy (non-hydrogen) atoms. The predicted molar refractivity (Wildman–Crippen MR) is 89.3 cm³/mol. The molecule has 0 unspecified atom stereocenters. The molecule has 0 bridgehead atoms. The van der Waals surface area contributed by atoms with Crippen LogP contribution in [0.4, 0.5) is 5.82 Å². The van der Waals surface area contributed by atoms with Crippen LogP contribution < -0.4 is 5.32 Å². The van der Waals surface area contributed by atoms with Crippen molar-refractivity contribution < 1.29 is 4.79 Å². The van der Waals surface area contributed by atoms with Crippen LogP contribution in [0.5, 0.6) is 0 Å². The van der Waals surface area contributed by atoms with Crippen molar-refractivity contribution in [1.29, 1.82) is 0 Å². The predicted octanol–water partition coefficient (Wildman–Crippen LogP) is 1.95. The van der Waals surface area contributed by atoms with Crippen LogP contribution in [0.15, 0.2) is 30.7 Å². The Morgan fingerprint density at radius 3 is 2.96 bits per heavy atom. The first-order chi connectivity index (χ1) is 11.2. The van der Waals surface area contributed by atoms with Crippen LogP contribution in [0.25, 0.3) is 0 Å². The summed E-state index contributed by atoms with van der Waals surface area (Å²) in [6.07, 6.45) is 8.34. The zero-order chi connectivity index (χ0) is 16.2. The highest BCUT2D eigenvalue weighted by Crippen LogP contribution is 2.23. The third-order valence-electron chi connectivity index (χ3n) is 4.46. The summed E-state index contributed by atoms with van der Waals surface area (Å²) in [6, 6.07) is 3.79. The van der Waals surface area contributed by atoms with Crippen molar-refractivity contribution >= 4 is 11.7 Å². The van der Waals surface area contributed by atoms with Gasteiger partial charge >= 0.3 is 0 Å². The van der Waals surface area contributed by atoms with Gasteiger partial charge in [-0.2, -0.15) is 0 Å². The Balaban J connectivity index is 1.69. The first kappa shape index (κ1) is 15.5. The van der Waals surface area contributed by atoms with E-state index >= 15 is 0 Å². The molecule has 1 aliphatic rings. The van der Waals surface area contributed by atoms with Gasteiger partial charge < -0.3 is 14.8 Å². The molecule has 0 radical (unpaired) electrons. The van der Waals surface area contributed by atoms with Gasteiger partial charge in [0.1, 0.15) is 11.5 Å². The number of piperidine rings is 1. The molecular formula is C17H23N5O. The van der Waals surface area contributed by atoms with Crippen LogP contribution in [0.1, 0.15) is 29.0 Å². The van der Waals surface area contributed by atoms with Gasteiger partial charge in [0, 0.05) is 45.8 Å². The van der Waals surface area contributed by atoms with Gasteiger partial charge in [-0.15, -0.1) is 0 Å². The third-order valence-corrected chi connectivity index (χ3v) is 4.46. The number of anilines is 1. The summed E-state index contributed by atoms with van der Waals surface area (Å²) < 4.78 is 1.88. The fraction of sp³-hybridized carbons (Fsp3) is 0.471. The zero-order valence-electron chi connectivity index (χ0n) is 13.7. The highest BCUT2D eigenvalue weighted by atomic mass is 16.2. The van der Waals surface area contributed by atoms with Crippen molar-refractivity contribution in [2.24, 2.45) is 13.0 Å². The van der Waals surface area contributed by atoms with Gasteiger partial charge in [0.05, 0.1) is 5.69 Å². The molecule has 3 rings (SSSR count). The number of aryl methyl sites for hydroxylation is 1. The first-order valence-electron chi connectivity index (χ1n) is 8.07. The van der Waals surface area contributed by atoms with Crippen LogP contribution in [0, 0.1) is 5.92 Å². The maximum atomic E-state index is 12.7. The highest BCUT2D eigenvalue weighted by Gasteiger charge is 2.26. The molecule has 2 aromatic rings. The normalized spacial score (nSPS) is 18.0. The Bertz CT molecular complexity index is 681. The Hall–Kier alpha value is -2.37. The lowest BCUT2D eigenvalue weighted by Gasteiger charge is -2.33. The lowest BCUT2D eigenvalue weighted by molar-refractivity contribution is 0.0663. The summed E-state index contributed by atoms with van der Waals surface area (Å²) in [5.74, 6) is 1.38. The standard InChI is InChI=1S/C17H23N5O/c1-18-16-14(19-7-8-20-16)11-13-5-3-10-22(12-13)17(23)15-6-4-9-21(15)2/h4,6-9,13H,3,5,10-12H2,1-2H3,(H,18,20)/t13-/m0/s1. The molecule has 1 fully saturated rings. The largest absolute Gasteiger partial charge is 0.372 e. The number of nitrogens with one attached hydrogen (secondary N) is 1. The number of amides is 1. The lowest BCUT2D eigenvalue weighted by atomic mass is 9.93. The molecule has 1 aliphatic heterocycles. The van der Waals surface area contributed by atoms with Gasteiger partial charge in [0.25, 0.3) is 5.91 Å². The average molecular weight is 313 g/mol. The maximum absolute atomic E-state index is 12.7. The van der Waals surface area contributed by atoms with Crippen LogP contribution in [-0.2, 0) is 13.5 Å². The monoisotopic (exact) mass is 313 g/mol. The van der Waals surface area contributed by atoms with Crippen LogP contribution >= 0.6 is 0 Å². The molecule has 0 saturated carbocycles. The number of nitrogens with zero attached hydrogens (tertiary/aromatic N) is 4. The van der Waals surface area contributed by atoms with E-state index in [9.17, 15) is 4.79 Å². The van der Waals surface area contributed by atoms with E-state index in [-0.39, 0.29) is 5.91 Å². The summed E-state index contributed by atoms with van der Waals surface area (Å²) >= 11 is 0. The van der Waals surface area contributed by atoms with E-state index in [1.54, 1.807) is 12.4 Å². The maximum Gasteiger partial charge on any atom is 0.270 e. The van der Waals surface area contributed by atoms with Crippen LogP contribution in [0.2, 0.25) is 0 Å². The summed E-state index contributed by atoms with van der Waals surface area (Å²) in [7, 11) is 3.77. The number of rotatable bonds is 4. The summed E-state index contributed by atoms with van der Waals surface area (Å²) in [5, 5.41) is 3.09. The Labute approximate surface area is 136 Å². The lowest BCUT2D eigenvalue weighted by Crippen LogP contribution is -2.41. The van der Waals surface area contributed by atoms with Crippen molar-refractivity contribution in [2.75, 3.05) is 25.5 Å². The molecule has 0 spiro atoms. The van der Waals surface area contributed by atoms with E-state index in [4.69, 9.17) is 0 Å². The molecule has 3 heterocycles. The van der Waals surface area contributed by atoms with E-state index < -0.39 is 0 Å². The zero-order valence-corrected chi connectivity index (χ0v) is 13.7. The molecular weight excluding hydrogens is 290 g/mol. The SMILES string of the molecule is CNc1nccnc1C[C@@H]1CCCN(C(=O)c2cccn2C)C1. The van der Waals surface area contributed by atoms with Gasteiger partial charge in [0.2, 0.25) is 0 Å². The molecule has 1 atom stereocenters. The van der Waals surface area contributed by atoms with Crippen molar-refractivity contribution in [1.82, 2.24) is 19.4 Å². The molecule has 122 valence electrons. The van der Waals surface area contributed by atoms with Gasteiger partial charge in [0.15, 0.2) is 0 Å². The molecule has 0 aromatic carbocycles. The number of carbonyl (C=O) groups is 1. The molecule has 1 N–H and O–H groups in total. The van der Waals surface area contributed by atoms with Gasteiger partial charge in [-0.3, -0.25) is 9.78 Å². The molecule has 2 aromatic heterocycles. The topological polar surface area (TPSA) is 63.1 Å². The molecule has 0 aliphatic carbocycles. The fourth-order valence-electron chi connectivity index (χ4n) is 3.26. The van der Waals surface area contributed by atoms with E-state index in [1.807, 2.05) is 41.9 Å². The second-order valence-corrected chi connectivity index (χ2v) is 6.07.